The fourth-order valence-corrected chi connectivity index (χ4v) is 5.21. The number of aromatic nitrogens is 2. The molecule has 0 bridgehead atoms. The molecule has 1 amide bonds. The molecule has 1 aromatic heterocycles. The molecular weight excluding hydrogens is 438 g/mol. The Labute approximate surface area is 179 Å². The van der Waals surface area contributed by atoms with Crippen LogP contribution in [0.1, 0.15) is 52.9 Å². The number of likely N-dealkylation sites (tertiary alicyclic amines) is 1. The Morgan fingerprint density at radius 1 is 1.36 bits per heavy atom. The van der Waals surface area contributed by atoms with Crippen molar-refractivity contribution in [1.29, 1.82) is 0 Å². The Balaban J connectivity index is 1.92. The first-order valence-electron chi connectivity index (χ1n) is 10.1. The van der Waals surface area contributed by atoms with Crippen molar-refractivity contribution in [3.8, 4) is 0 Å². The number of piperidine rings is 1. The summed E-state index contributed by atoms with van der Waals surface area (Å²) in [5.74, 6) is 0.157. The Morgan fingerprint density at radius 3 is 2.86 bits per heavy atom. The second kappa shape index (κ2) is 9.44. The molecular formula is C21H28BrN3O2S. The van der Waals surface area contributed by atoms with Crippen molar-refractivity contribution in [2.75, 3.05) is 6.54 Å². The molecule has 2 heterocycles. The number of amides is 1. The third-order valence-electron chi connectivity index (χ3n) is 5.34. The van der Waals surface area contributed by atoms with E-state index in [1.807, 2.05) is 36.9 Å². The van der Waals surface area contributed by atoms with E-state index in [1.54, 1.807) is 4.57 Å². The predicted molar refractivity (Wildman–Crippen MR) is 119 cm³/mol. The van der Waals surface area contributed by atoms with Gasteiger partial charge >= 0.3 is 0 Å². The van der Waals surface area contributed by atoms with Gasteiger partial charge in [0.05, 0.1) is 16.2 Å². The van der Waals surface area contributed by atoms with Crippen LogP contribution in [-0.2, 0) is 11.3 Å². The van der Waals surface area contributed by atoms with Gasteiger partial charge < -0.3 is 4.90 Å². The maximum atomic E-state index is 13.1. The molecule has 3 rings (SSSR count). The molecule has 5 nitrogen and oxygen atoms in total. The van der Waals surface area contributed by atoms with Gasteiger partial charge in [0, 0.05) is 23.6 Å². The monoisotopic (exact) mass is 465 g/mol. The van der Waals surface area contributed by atoms with Gasteiger partial charge in [0.25, 0.3) is 5.56 Å². The molecule has 0 N–H and O–H groups in total. The van der Waals surface area contributed by atoms with Crippen molar-refractivity contribution in [1.82, 2.24) is 14.5 Å². The summed E-state index contributed by atoms with van der Waals surface area (Å²) in [5, 5.41) is 0.968. The summed E-state index contributed by atoms with van der Waals surface area (Å²) in [7, 11) is 0. The number of carbonyl (C=O) groups is 1. The molecule has 0 aliphatic carbocycles. The first-order chi connectivity index (χ1) is 13.5. The van der Waals surface area contributed by atoms with Crippen molar-refractivity contribution in [3.05, 3.63) is 33.0 Å². The first kappa shape index (κ1) is 21.4. The first-order valence-corrected chi connectivity index (χ1v) is 11.8. The molecule has 2 atom stereocenters. The molecule has 0 radical (unpaired) electrons. The van der Waals surface area contributed by atoms with E-state index in [9.17, 15) is 9.59 Å². The molecule has 7 heteroatoms. The zero-order valence-electron chi connectivity index (χ0n) is 16.8. The molecule has 1 fully saturated rings. The van der Waals surface area contributed by atoms with Gasteiger partial charge in [-0.25, -0.2) is 4.98 Å². The zero-order valence-corrected chi connectivity index (χ0v) is 19.2. The minimum Gasteiger partial charge on any atom is -0.339 e. The smallest absolute Gasteiger partial charge is 0.262 e. The van der Waals surface area contributed by atoms with Gasteiger partial charge in [-0.05, 0) is 57.2 Å². The number of hydrogen-bond acceptors (Lipinski definition) is 4. The molecule has 1 aliphatic heterocycles. The fourth-order valence-electron chi connectivity index (χ4n) is 3.84. The van der Waals surface area contributed by atoms with Gasteiger partial charge in [0.2, 0.25) is 5.91 Å². The van der Waals surface area contributed by atoms with Crippen molar-refractivity contribution in [2.24, 2.45) is 0 Å². The van der Waals surface area contributed by atoms with Crippen LogP contribution < -0.4 is 5.56 Å². The number of benzene rings is 1. The number of hydrogen-bond donors (Lipinski definition) is 0. The highest BCUT2D eigenvalue weighted by atomic mass is 79.9. The average Bonchev–Trinajstić information content (AvgIpc) is 2.70. The SMILES string of the molecule is CCCn1c(SC(C)C(=O)N2CCCCC2CC)nc2ccc(Br)cc2c1=O. The molecule has 152 valence electrons. The zero-order chi connectivity index (χ0) is 20.3. The van der Waals surface area contributed by atoms with E-state index in [0.29, 0.717) is 28.6 Å². The molecule has 1 saturated heterocycles. The highest BCUT2D eigenvalue weighted by Crippen LogP contribution is 2.28. The van der Waals surface area contributed by atoms with Crippen molar-refractivity contribution >= 4 is 44.5 Å². The summed E-state index contributed by atoms with van der Waals surface area (Å²) in [6.07, 6.45) is 5.18. The molecule has 2 aromatic rings. The standard InChI is InChI=1S/C21H28BrN3O2S/c1-4-11-25-20(27)17-13-15(22)9-10-18(17)23-21(25)28-14(3)19(26)24-12-7-6-8-16(24)5-2/h9-10,13-14,16H,4-8,11-12H2,1-3H3. The Kier molecular flexibility index (Phi) is 7.20. The lowest BCUT2D eigenvalue weighted by Gasteiger charge is -2.36. The molecule has 0 saturated carbocycles. The van der Waals surface area contributed by atoms with E-state index in [2.05, 4.69) is 22.9 Å². The third kappa shape index (κ3) is 4.46. The van der Waals surface area contributed by atoms with Gasteiger partial charge in [-0.15, -0.1) is 0 Å². The van der Waals surface area contributed by atoms with Crippen LogP contribution >= 0.6 is 27.7 Å². The fraction of sp³-hybridized carbons (Fsp3) is 0.571. The predicted octanol–water partition coefficient (Wildman–Crippen LogP) is 4.84. The van der Waals surface area contributed by atoms with Crippen LogP contribution in [0.3, 0.4) is 0 Å². The maximum Gasteiger partial charge on any atom is 0.262 e. The van der Waals surface area contributed by atoms with Crippen LogP contribution in [0.15, 0.2) is 32.6 Å². The lowest BCUT2D eigenvalue weighted by Crippen LogP contribution is -2.46. The van der Waals surface area contributed by atoms with Crippen molar-refractivity contribution in [2.45, 2.75) is 75.9 Å². The number of nitrogens with zero attached hydrogens (tertiary/aromatic N) is 3. The average molecular weight is 466 g/mol. The lowest BCUT2D eigenvalue weighted by molar-refractivity contribution is -0.134. The van der Waals surface area contributed by atoms with E-state index in [1.165, 1.54) is 18.2 Å². The van der Waals surface area contributed by atoms with Crippen molar-refractivity contribution < 1.29 is 4.79 Å². The van der Waals surface area contributed by atoms with Crippen LogP contribution in [0.5, 0.6) is 0 Å². The Morgan fingerprint density at radius 2 is 2.14 bits per heavy atom. The van der Waals surface area contributed by atoms with E-state index in [4.69, 9.17) is 4.98 Å². The molecule has 1 aromatic carbocycles. The number of halogens is 1. The summed E-state index contributed by atoms with van der Waals surface area (Å²) in [6, 6.07) is 5.90. The van der Waals surface area contributed by atoms with E-state index < -0.39 is 0 Å². The number of rotatable bonds is 6. The lowest BCUT2D eigenvalue weighted by atomic mass is 10.00. The second-order valence-corrected chi connectivity index (χ2v) is 9.59. The molecule has 2 unspecified atom stereocenters. The highest BCUT2D eigenvalue weighted by molar-refractivity contribution is 9.10. The van der Waals surface area contributed by atoms with Crippen molar-refractivity contribution in [3.63, 3.8) is 0 Å². The third-order valence-corrected chi connectivity index (χ3v) is 6.91. The number of fused-ring (bicyclic) bond motifs is 1. The summed E-state index contributed by atoms with van der Waals surface area (Å²) in [6.45, 7) is 7.56. The molecule has 0 spiro atoms. The van der Waals surface area contributed by atoms with Gasteiger partial charge in [-0.1, -0.05) is 41.5 Å². The highest BCUT2D eigenvalue weighted by Gasteiger charge is 2.30. The van der Waals surface area contributed by atoms with Crippen LogP contribution in [0.2, 0.25) is 0 Å². The Hall–Kier alpha value is -1.34. The van der Waals surface area contributed by atoms with Crippen LogP contribution in [-0.4, -0.2) is 38.2 Å². The van der Waals surface area contributed by atoms with E-state index in [0.717, 1.165) is 36.7 Å². The van der Waals surface area contributed by atoms with Gasteiger partial charge in [-0.2, -0.15) is 0 Å². The summed E-state index contributed by atoms with van der Waals surface area (Å²) < 4.78 is 2.58. The summed E-state index contributed by atoms with van der Waals surface area (Å²) in [4.78, 5) is 32.9. The number of thioether (sulfide) groups is 1. The van der Waals surface area contributed by atoms with Gasteiger partial charge in [0.1, 0.15) is 0 Å². The normalized spacial score (nSPS) is 18.4. The minimum atomic E-state index is -0.268. The Bertz CT molecular complexity index is 914. The van der Waals surface area contributed by atoms with E-state index in [-0.39, 0.29) is 16.7 Å². The van der Waals surface area contributed by atoms with E-state index >= 15 is 0 Å². The largest absolute Gasteiger partial charge is 0.339 e. The van der Waals surface area contributed by atoms with Crippen LogP contribution in [0, 0.1) is 0 Å². The summed E-state index contributed by atoms with van der Waals surface area (Å²) in [5.41, 5.74) is 0.631. The minimum absolute atomic E-state index is 0.0419. The number of carbonyl (C=O) groups excluding carboxylic acids is 1. The molecule has 1 aliphatic rings. The summed E-state index contributed by atoms with van der Waals surface area (Å²) >= 11 is 4.84. The van der Waals surface area contributed by atoms with Gasteiger partial charge in [-0.3, -0.25) is 14.2 Å². The van der Waals surface area contributed by atoms with Crippen LogP contribution in [0.4, 0.5) is 0 Å². The van der Waals surface area contributed by atoms with Crippen LogP contribution in [0.25, 0.3) is 10.9 Å². The topological polar surface area (TPSA) is 55.2 Å². The second-order valence-electron chi connectivity index (χ2n) is 7.36. The molecule has 28 heavy (non-hydrogen) atoms. The quantitative estimate of drug-likeness (QED) is 0.452. The maximum absolute atomic E-state index is 13.1. The van der Waals surface area contributed by atoms with Gasteiger partial charge in [0.15, 0.2) is 5.16 Å².